The van der Waals surface area contributed by atoms with Crippen molar-refractivity contribution in [3.05, 3.63) is 42.1 Å². The first-order chi connectivity index (χ1) is 7.42. The molecule has 15 heavy (non-hydrogen) atoms. The SMILES string of the molecule is ClCCC#Cc1ccnc2ccccc12. The molecule has 0 saturated heterocycles. The molecular formula is C13H10ClN. The first-order valence-electron chi connectivity index (χ1n) is 4.80. The highest BCUT2D eigenvalue weighted by atomic mass is 35.5. The first-order valence-corrected chi connectivity index (χ1v) is 5.34. The maximum Gasteiger partial charge on any atom is 0.0714 e. The summed E-state index contributed by atoms with van der Waals surface area (Å²) in [6.07, 6.45) is 2.51. The Morgan fingerprint density at radius 2 is 2.07 bits per heavy atom. The fourth-order valence-corrected chi connectivity index (χ4v) is 1.50. The van der Waals surface area contributed by atoms with Crippen LogP contribution < -0.4 is 0 Å². The van der Waals surface area contributed by atoms with Gasteiger partial charge in [-0.2, -0.15) is 0 Å². The summed E-state index contributed by atoms with van der Waals surface area (Å²) in [4.78, 5) is 4.28. The van der Waals surface area contributed by atoms with E-state index in [4.69, 9.17) is 11.6 Å². The van der Waals surface area contributed by atoms with Gasteiger partial charge in [-0.05, 0) is 12.1 Å². The summed E-state index contributed by atoms with van der Waals surface area (Å²) >= 11 is 5.57. The Morgan fingerprint density at radius 3 is 2.93 bits per heavy atom. The molecular weight excluding hydrogens is 206 g/mol. The van der Waals surface area contributed by atoms with Crippen molar-refractivity contribution in [1.29, 1.82) is 0 Å². The van der Waals surface area contributed by atoms with E-state index < -0.39 is 0 Å². The Morgan fingerprint density at radius 1 is 1.20 bits per heavy atom. The number of alkyl halides is 1. The van der Waals surface area contributed by atoms with Gasteiger partial charge in [0.1, 0.15) is 0 Å². The van der Waals surface area contributed by atoms with E-state index in [1.165, 1.54) is 0 Å². The average Bonchev–Trinajstić information content (AvgIpc) is 2.30. The number of halogens is 1. The van der Waals surface area contributed by atoms with Crippen LogP contribution >= 0.6 is 11.6 Å². The fourth-order valence-electron chi connectivity index (χ4n) is 1.41. The molecule has 0 N–H and O–H groups in total. The van der Waals surface area contributed by atoms with Crippen molar-refractivity contribution >= 4 is 22.5 Å². The normalized spacial score (nSPS) is 9.67. The van der Waals surface area contributed by atoms with E-state index >= 15 is 0 Å². The zero-order valence-electron chi connectivity index (χ0n) is 8.20. The van der Waals surface area contributed by atoms with Gasteiger partial charge in [0.05, 0.1) is 5.52 Å². The molecule has 1 aromatic carbocycles. The lowest BCUT2D eigenvalue weighted by Crippen LogP contribution is -1.82. The third kappa shape index (κ3) is 2.29. The smallest absolute Gasteiger partial charge is 0.0714 e. The van der Waals surface area contributed by atoms with Gasteiger partial charge in [-0.3, -0.25) is 4.98 Å². The van der Waals surface area contributed by atoms with Gasteiger partial charge in [-0.25, -0.2) is 0 Å². The molecule has 0 radical (unpaired) electrons. The molecule has 0 amide bonds. The van der Waals surface area contributed by atoms with E-state index in [0.29, 0.717) is 5.88 Å². The Labute approximate surface area is 94.1 Å². The zero-order chi connectivity index (χ0) is 10.5. The maximum atomic E-state index is 5.57. The molecule has 74 valence electrons. The summed E-state index contributed by atoms with van der Waals surface area (Å²) in [7, 11) is 0. The Bertz CT molecular complexity index is 517. The molecule has 0 bridgehead atoms. The second kappa shape index (κ2) is 4.82. The summed E-state index contributed by atoms with van der Waals surface area (Å²) in [5.41, 5.74) is 2.00. The topological polar surface area (TPSA) is 12.9 Å². The Balaban J connectivity index is 2.48. The lowest BCUT2D eigenvalue weighted by molar-refractivity contribution is 1.29. The van der Waals surface area contributed by atoms with Crippen LogP contribution in [0.4, 0.5) is 0 Å². The van der Waals surface area contributed by atoms with Crippen LogP contribution in [0.25, 0.3) is 10.9 Å². The van der Waals surface area contributed by atoms with Crippen molar-refractivity contribution in [2.75, 3.05) is 5.88 Å². The van der Waals surface area contributed by atoms with Gasteiger partial charge in [0.15, 0.2) is 0 Å². The third-order valence-corrected chi connectivity index (χ3v) is 2.28. The number of pyridine rings is 1. The monoisotopic (exact) mass is 215 g/mol. The quantitative estimate of drug-likeness (QED) is 0.526. The van der Waals surface area contributed by atoms with Gasteiger partial charge >= 0.3 is 0 Å². The lowest BCUT2D eigenvalue weighted by Gasteiger charge is -1.98. The molecule has 2 rings (SSSR count). The minimum atomic E-state index is 0.579. The van der Waals surface area contributed by atoms with Crippen molar-refractivity contribution in [1.82, 2.24) is 4.98 Å². The Kier molecular flexibility index (Phi) is 3.22. The maximum absolute atomic E-state index is 5.57. The van der Waals surface area contributed by atoms with E-state index in [0.717, 1.165) is 22.9 Å². The summed E-state index contributed by atoms with van der Waals surface area (Å²) in [6, 6.07) is 9.93. The van der Waals surface area contributed by atoms with Crippen LogP contribution in [-0.2, 0) is 0 Å². The predicted octanol–water partition coefficient (Wildman–Crippen LogP) is 3.22. The first kappa shape index (κ1) is 10.0. The molecule has 0 saturated carbocycles. The highest BCUT2D eigenvalue weighted by Crippen LogP contribution is 2.14. The summed E-state index contributed by atoms with van der Waals surface area (Å²) < 4.78 is 0. The van der Waals surface area contributed by atoms with Gasteiger partial charge in [0.2, 0.25) is 0 Å². The second-order valence-corrected chi connectivity index (χ2v) is 3.49. The highest BCUT2D eigenvalue weighted by Gasteiger charge is 1.96. The van der Waals surface area contributed by atoms with Crippen molar-refractivity contribution in [3.63, 3.8) is 0 Å². The van der Waals surface area contributed by atoms with Crippen molar-refractivity contribution in [3.8, 4) is 11.8 Å². The number of rotatable bonds is 1. The fraction of sp³-hybridized carbons (Fsp3) is 0.154. The van der Waals surface area contributed by atoms with Crippen LogP contribution in [-0.4, -0.2) is 10.9 Å². The number of fused-ring (bicyclic) bond motifs is 1. The predicted molar refractivity (Wildman–Crippen MR) is 64.0 cm³/mol. The number of benzene rings is 1. The minimum Gasteiger partial charge on any atom is -0.256 e. The van der Waals surface area contributed by atoms with E-state index in [1.807, 2.05) is 30.3 Å². The molecule has 0 aliphatic heterocycles. The highest BCUT2D eigenvalue weighted by molar-refractivity contribution is 6.18. The van der Waals surface area contributed by atoms with Gasteiger partial charge < -0.3 is 0 Å². The minimum absolute atomic E-state index is 0.579. The molecule has 0 atom stereocenters. The van der Waals surface area contributed by atoms with Crippen LogP contribution in [0.2, 0.25) is 0 Å². The average molecular weight is 216 g/mol. The second-order valence-electron chi connectivity index (χ2n) is 3.12. The molecule has 0 spiro atoms. The standard InChI is InChI=1S/C13H10ClN/c14-9-4-3-5-11-8-10-15-13-7-2-1-6-12(11)13/h1-2,6-8,10H,4,9H2. The molecule has 0 aliphatic rings. The zero-order valence-corrected chi connectivity index (χ0v) is 8.96. The number of aromatic nitrogens is 1. The molecule has 1 nitrogen and oxygen atoms in total. The van der Waals surface area contributed by atoms with Crippen LogP contribution in [0.5, 0.6) is 0 Å². The molecule has 1 aromatic heterocycles. The number of nitrogens with zero attached hydrogens (tertiary/aromatic N) is 1. The lowest BCUT2D eigenvalue weighted by atomic mass is 10.1. The van der Waals surface area contributed by atoms with E-state index in [2.05, 4.69) is 16.8 Å². The van der Waals surface area contributed by atoms with Crippen LogP contribution in [0, 0.1) is 11.8 Å². The molecule has 1 heterocycles. The molecule has 0 fully saturated rings. The van der Waals surface area contributed by atoms with Crippen LogP contribution in [0.15, 0.2) is 36.5 Å². The number of para-hydroxylation sites is 1. The van der Waals surface area contributed by atoms with Gasteiger partial charge in [-0.1, -0.05) is 30.0 Å². The molecule has 2 heteroatoms. The summed E-state index contributed by atoms with van der Waals surface area (Å²) in [6.45, 7) is 0. The molecule has 0 unspecified atom stereocenters. The van der Waals surface area contributed by atoms with Crippen LogP contribution in [0.1, 0.15) is 12.0 Å². The van der Waals surface area contributed by atoms with Gasteiger partial charge in [-0.15, -0.1) is 11.6 Å². The number of hydrogen-bond donors (Lipinski definition) is 0. The molecule has 0 aliphatic carbocycles. The largest absolute Gasteiger partial charge is 0.256 e. The van der Waals surface area contributed by atoms with Gasteiger partial charge in [0, 0.05) is 29.4 Å². The summed E-state index contributed by atoms with van der Waals surface area (Å²) in [5.74, 6) is 6.73. The summed E-state index contributed by atoms with van der Waals surface area (Å²) in [5, 5.41) is 1.10. The van der Waals surface area contributed by atoms with Gasteiger partial charge in [0.25, 0.3) is 0 Å². The third-order valence-electron chi connectivity index (χ3n) is 2.09. The van der Waals surface area contributed by atoms with E-state index in [-0.39, 0.29) is 0 Å². The van der Waals surface area contributed by atoms with Crippen molar-refractivity contribution < 1.29 is 0 Å². The van der Waals surface area contributed by atoms with E-state index in [1.54, 1.807) is 6.20 Å². The van der Waals surface area contributed by atoms with Crippen LogP contribution in [0.3, 0.4) is 0 Å². The molecule has 2 aromatic rings. The van der Waals surface area contributed by atoms with Crippen molar-refractivity contribution in [2.24, 2.45) is 0 Å². The number of hydrogen-bond acceptors (Lipinski definition) is 1. The van der Waals surface area contributed by atoms with E-state index in [9.17, 15) is 0 Å². The Hall–Kier alpha value is -1.52. The van der Waals surface area contributed by atoms with Crippen molar-refractivity contribution in [2.45, 2.75) is 6.42 Å².